The Morgan fingerprint density at radius 2 is 1.95 bits per heavy atom. The quantitative estimate of drug-likeness (QED) is 0.918. The number of hydrogen-bond acceptors (Lipinski definition) is 3. The van der Waals surface area contributed by atoms with Gasteiger partial charge in [0, 0.05) is 21.9 Å². The Balaban J connectivity index is 1.98. The molecule has 0 atom stereocenters. The number of halogens is 1. The standard InChI is InChI=1S/C13H12ClNO2S2/c14-12-5-3-11(4-6-12)7-9-19(16,17)15-10-13-2-1-8-18-13/h1-9,15H,10H2/b9-7+. The maximum atomic E-state index is 11.7. The number of benzene rings is 1. The van der Waals surface area contributed by atoms with Gasteiger partial charge >= 0.3 is 0 Å². The van der Waals surface area contributed by atoms with Gasteiger partial charge in [-0.3, -0.25) is 0 Å². The minimum absolute atomic E-state index is 0.310. The summed E-state index contributed by atoms with van der Waals surface area (Å²) in [6, 6.07) is 10.7. The Morgan fingerprint density at radius 3 is 2.58 bits per heavy atom. The number of rotatable bonds is 5. The van der Waals surface area contributed by atoms with E-state index >= 15 is 0 Å². The van der Waals surface area contributed by atoms with E-state index in [1.165, 1.54) is 17.4 Å². The Kier molecular flexibility index (Phi) is 4.76. The predicted octanol–water partition coefficient (Wildman–Crippen LogP) is 3.49. The molecule has 0 aliphatic heterocycles. The molecule has 0 aliphatic carbocycles. The van der Waals surface area contributed by atoms with Gasteiger partial charge in [0.05, 0.1) is 0 Å². The van der Waals surface area contributed by atoms with Gasteiger partial charge in [-0.25, -0.2) is 13.1 Å². The monoisotopic (exact) mass is 313 g/mol. The van der Waals surface area contributed by atoms with Crippen molar-refractivity contribution < 1.29 is 8.42 Å². The zero-order valence-corrected chi connectivity index (χ0v) is 12.3. The van der Waals surface area contributed by atoms with Crippen LogP contribution in [0.25, 0.3) is 6.08 Å². The van der Waals surface area contributed by atoms with E-state index in [1.54, 1.807) is 24.3 Å². The number of nitrogens with one attached hydrogen (secondary N) is 1. The van der Waals surface area contributed by atoms with Gasteiger partial charge in [0.25, 0.3) is 0 Å². The molecule has 3 nitrogen and oxygen atoms in total. The molecular weight excluding hydrogens is 302 g/mol. The van der Waals surface area contributed by atoms with Gasteiger partial charge < -0.3 is 0 Å². The third kappa shape index (κ3) is 4.80. The van der Waals surface area contributed by atoms with Crippen molar-refractivity contribution in [3.05, 3.63) is 62.6 Å². The molecule has 0 aliphatic rings. The van der Waals surface area contributed by atoms with Gasteiger partial charge in [0.15, 0.2) is 0 Å². The first-order valence-corrected chi connectivity index (χ1v) is 8.31. The third-order valence-electron chi connectivity index (χ3n) is 2.34. The van der Waals surface area contributed by atoms with E-state index in [9.17, 15) is 8.42 Å². The molecule has 1 aromatic carbocycles. The lowest BCUT2D eigenvalue weighted by Gasteiger charge is -2.00. The zero-order valence-electron chi connectivity index (χ0n) is 9.91. The van der Waals surface area contributed by atoms with E-state index in [4.69, 9.17) is 11.6 Å². The van der Waals surface area contributed by atoms with E-state index in [2.05, 4.69) is 4.72 Å². The molecule has 0 bridgehead atoms. The normalized spacial score (nSPS) is 12.1. The van der Waals surface area contributed by atoms with Gasteiger partial charge in [0.1, 0.15) is 0 Å². The highest BCUT2D eigenvalue weighted by atomic mass is 35.5. The molecule has 0 fully saturated rings. The van der Waals surface area contributed by atoms with Crippen molar-refractivity contribution in [2.24, 2.45) is 0 Å². The van der Waals surface area contributed by atoms with Crippen molar-refractivity contribution >= 4 is 39.0 Å². The molecule has 0 radical (unpaired) electrons. The number of thiophene rings is 1. The Bertz CT molecular complexity index is 646. The first-order valence-electron chi connectivity index (χ1n) is 5.51. The minimum Gasteiger partial charge on any atom is -0.208 e. The lowest BCUT2D eigenvalue weighted by atomic mass is 10.2. The highest BCUT2D eigenvalue weighted by molar-refractivity contribution is 7.92. The second kappa shape index (κ2) is 6.34. The maximum Gasteiger partial charge on any atom is 0.234 e. The fourth-order valence-electron chi connectivity index (χ4n) is 1.38. The summed E-state index contributed by atoms with van der Waals surface area (Å²) in [6.07, 6.45) is 1.53. The molecule has 0 saturated carbocycles. The predicted molar refractivity (Wildman–Crippen MR) is 80.6 cm³/mol. The lowest BCUT2D eigenvalue weighted by Crippen LogP contribution is -2.19. The van der Waals surface area contributed by atoms with Crippen LogP contribution in [-0.2, 0) is 16.6 Å². The molecule has 1 N–H and O–H groups in total. The Labute approximate surface area is 121 Å². The average molecular weight is 314 g/mol. The van der Waals surface area contributed by atoms with Crippen molar-refractivity contribution in [3.8, 4) is 0 Å². The zero-order chi connectivity index (χ0) is 13.7. The summed E-state index contributed by atoms with van der Waals surface area (Å²) in [5.41, 5.74) is 0.783. The average Bonchev–Trinajstić information content (AvgIpc) is 2.89. The Hall–Kier alpha value is -1.14. The van der Waals surface area contributed by atoms with Crippen LogP contribution in [0.5, 0.6) is 0 Å². The number of sulfonamides is 1. The fourth-order valence-corrected chi connectivity index (χ4v) is 3.03. The van der Waals surface area contributed by atoms with Gasteiger partial charge in [-0.1, -0.05) is 29.8 Å². The second-order valence-corrected chi connectivity index (χ2v) is 6.92. The van der Waals surface area contributed by atoms with Crippen molar-refractivity contribution in [1.29, 1.82) is 0 Å². The van der Waals surface area contributed by atoms with Crippen LogP contribution in [0.4, 0.5) is 0 Å². The van der Waals surface area contributed by atoms with Crippen LogP contribution < -0.4 is 4.72 Å². The molecular formula is C13H12ClNO2S2. The van der Waals surface area contributed by atoms with Gasteiger partial charge in [0.2, 0.25) is 10.0 Å². The summed E-state index contributed by atoms with van der Waals surface area (Å²) in [5, 5.41) is 3.69. The van der Waals surface area contributed by atoms with Crippen LogP contribution in [-0.4, -0.2) is 8.42 Å². The molecule has 1 heterocycles. The van der Waals surface area contributed by atoms with E-state index < -0.39 is 10.0 Å². The summed E-state index contributed by atoms with van der Waals surface area (Å²) in [4.78, 5) is 0.975. The first-order chi connectivity index (χ1) is 9.05. The van der Waals surface area contributed by atoms with Gasteiger partial charge in [-0.2, -0.15) is 0 Å². The fraction of sp³-hybridized carbons (Fsp3) is 0.0769. The molecule has 2 rings (SSSR count). The first kappa shape index (κ1) is 14.3. The van der Waals surface area contributed by atoms with E-state index in [1.807, 2.05) is 17.5 Å². The third-order valence-corrected chi connectivity index (χ3v) is 4.51. The highest BCUT2D eigenvalue weighted by Crippen LogP contribution is 2.12. The summed E-state index contributed by atoms with van der Waals surface area (Å²) >= 11 is 7.27. The van der Waals surface area contributed by atoms with Crippen LogP contribution >= 0.6 is 22.9 Å². The highest BCUT2D eigenvalue weighted by Gasteiger charge is 2.05. The van der Waals surface area contributed by atoms with E-state index in [0.717, 1.165) is 15.8 Å². The minimum atomic E-state index is -3.42. The summed E-state index contributed by atoms with van der Waals surface area (Å²) in [5.74, 6) is 0. The van der Waals surface area contributed by atoms with Crippen molar-refractivity contribution in [3.63, 3.8) is 0 Å². The van der Waals surface area contributed by atoms with Gasteiger partial charge in [-0.15, -0.1) is 11.3 Å². The van der Waals surface area contributed by atoms with Crippen LogP contribution in [0.15, 0.2) is 47.2 Å². The summed E-state index contributed by atoms with van der Waals surface area (Å²) in [6.45, 7) is 0.310. The molecule has 19 heavy (non-hydrogen) atoms. The molecule has 0 amide bonds. The largest absolute Gasteiger partial charge is 0.234 e. The van der Waals surface area contributed by atoms with Crippen molar-refractivity contribution in [2.75, 3.05) is 0 Å². The van der Waals surface area contributed by atoms with Crippen LogP contribution in [0.1, 0.15) is 10.4 Å². The second-order valence-electron chi connectivity index (χ2n) is 3.80. The molecule has 1 aromatic heterocycles. The van der Waals surface area contributed by atoms with Gasteiger partial charge in [-0.05, 0) is 35.2 Å². The van der Waals surface area contributed by atoms with E-state index in [-0.39, 0.29) is 0 Å². The van der Waals surface area contributed by atoms with Crippen molar-refractivity contribution in [1.82, 2.24) is 4.72 Å². The topological polar surface area (TPSA) is 46.2 Å². The lowest BCUT2D eigenvalue weighted by molar-refractivity contribution is 0.591. The molecule has 0 unspecified atom stereocenters. The van der Waals surface area contributed by atoms with Crippen LogP contribution in [0.2, 0.25) is 5.02 Å². The van der Waals surface area contributed by atoms with Crippen LogP contribution in [0.3, 0.4) is 0 Å². The van der Waals surface area contributed by atoms with Crippen LogP contribution in [0, 0.1) is 0 Å². The molecule has 0 spiro atoms. The summed E-state index contributed by atoms with van der Waals surface area (Å²) < 4.78 is 26.0. The molecule has 100 valence electrons. The maximum absolute atomic E-state index is 11.7. The Morgan fingerprint density at radius 1 is 1.21 bits per heavy atom. The van der Waals surface area contributed by atoms with Crippen molar-refractivity contribution in [2.45, 2.75) is 6.54 Å². The summed E-state index contributed by atoms with van der Waals surface area (Å²) in [7, 11) is -3.42. The molecule has 0 saturated heterocycles. The molecule has 2 aromatic rings. The smallest absolute Gasteiger partial charge is 0.208 e. The SMILES string of the molecule is O=S(=O)(/C=C/c1ccc(Cl)cc1)NCc1cccs1. The van der Waals surface area contributed by atoms with E-state index in [0.29, 0.717) is 11.6 Å². The number of hydrogen-bond donors (Lipinski definition) is 1. The molecule has 6 heteroatoms.